The number of rotatable bonds is 1. The molecule has 0 amide bonds. The van der Waals surface area contributed by atoms with Crippen molar-refractivity contribution in [3.63, 3.8) is 0 Å². The maximum absolute atomic E-state index is 6.01. The van der Waals surface area contributed by atoms with E-state index in [1.165, 1.54) is 36.8 Å². The van der Waals surface area contributed by atoms with Gasteiger partial charge in [-0.3, -0.25) is 0 Å². The van der Waals surface area contributed by atoms with Crippen LogP contribution in [0.4, 0.5) is 0 Å². The predicted octanol–water partition coefficient (Wildman–Crippen LogP) is 3.65. The number of benzene rings is 1. The van der Waals surface area contributed by atoms with E-state index in [-0.39, 0.29) is 0 Å². The van der Waals surface area contributed by atoms with Gasteiger partial charge in [-0.1, -0.05) is 17.7 Å². The van der Waals surface area contributed by atoms with E-state index >= 15 is 0 Å². The van der Waals surface area contributed by atoms with Crippen LogP contribution in [0.3, 0.4) is 0 Å². The number of hydrogen-bond donors (Lipinski definition) is 1. The molecule has 2 fully saturated rings. The van der Waals surface area contributed by atoms with Crippen molar-refractivity contribution in [2.75, 3.05) is 0 Å². The van der Waals surface area contributed by atoms with Gasteiger partial charge >= 0.3 is 0 Å². The highest BCUT2D eigenvalue weighted by atomic mass is 35.5. The Morgan fingerprint density at radius 3 is 2.50 bits per heavy atom. The molecule has 2 aliphatic rings. The van der Waals surface area contributed by atoms with Crippen LogP contribution in [-0.4, -0.2) is 12.1 Å². The average molecular weight is 236 g/mol. The topological polar surface area (TPSA) is 12.0 Å². The number of nitrogens with one attached hydrogen (secondary N) is 1. The second kappa shape index (κ2) is 4.05. The van der Waals surface area contributed by atoms with Gasteiger partial charge in [-0.2, -0.15) is 0 Å². The first kappa shape index (κ1) is 10.6. The summed E-state index contributed by atoms with van der Waals surface area (Å²) in [7, 11) is 0. The fourth-order valence-electron chi connectivity index (χ4n) is 3.41. The van der Waals surface area contributed by atoms with Gasteiger partial charge < -0.3 is 5.32 Å². The number of fused-ring (bicyclic) bond motifs is 2. The van der Waals surface area contributed by atoms with E-state index in [9.17, 15) is 0 Å². The Bertz CT molecular complexity index is 390. The molecule has 2 atom stereocenters. The maximum Gasteiger partial charge on any atom is 0.0408 e. The molecular weight excluding hydrogens is 218 g/mol. The molecule has 3 rings (SSSR count). The van der Waals surface area contributed by atoms with Crippen molar-refractivity contribution >= 4 is 11.6 Å². The molecule has 2 bridgehead atoms. The molecule has 86 valence electrons. The molecule has 2 heteroatoms. The quantitative estimate of drug-likeness (QED) is 0.784. The fraction of sp³-hybridized carbons (Fsp3) is 0.571. The lowest BCUT2D eigenvalue weighted by Crippen LogP contribution is -2.37. The molecule has 2 unspecified atom stereocenters. The molecule has 0 aromatic heterocycles. The van der Waals surface area contributed by atoms with Crippen molar-refractivity contribution in [1.29, 1.82) is 0 Å². The number of hydrogen-bond acceptors (Lipinski definition) is 1. The summed E-state index contributed by atoms with van der Waals surface area (Å²) in [5, 5.41) is 4.55. The minimum atomic E-state index is 0.746. The Balaban J connectivity index is 1.87. The van der Waals surface area contributed by atoms with Gasteiger partial charge in [-0.25, -0.2) is 0 Å². The largest absolute Gasteiger partial charge is 0.311 e. The normalized spacial score (nSPS) is 33.0. The first-order valence-corrected chi connectivity index (χ1v) is 6.62. The number of aryl methyl sites for hydroxylation is 1. The summed E-state index contributed by atoms with van der Waals surface area (Å²) >= 11 is 6.01. The van der Waals surface area contributed by atoms with Crippen LogP contribution in [0.1, 0.15) is 42.7 Å². The standard InChI is InChI=1S/C14H18ClN/c1-9-6-11(15)2-5-14(9)10-7-12-3-4-13(8-10)16-12/h2,5-6,10,12-13,16H,3-4,7-8H2,1H3. The van der Waals surface area contributed by atoms with Crippen molar-refractivity contribution in [3.8, 4) is 0 Å². The van der Waals surface area contributed by atoms with Gasteiger partial charge in [-0.05, 0) is 61.8 Å². The minimum absolute atomic E-state index is 0.746. The van der Waals surface area contributed by atoms with Crippen molar-refractivity contribution in [1.82, 2.24) is 5.32 Å². The lowest BCUT2D eigenvalue weighted by Gasteiger charge is -2.30. The molecule has 2 aliphatic heterocycles. The summed E-state index contributed by atoms with van der Waals surface area (Å²) in [6.45, 7) is 2.19. The van der Waals surface area contributed by atoms with Gasteiger partial charge in [0.05, 0.1) is 0 Å². The number of piperidine rings is 1. The molecule has 1 nitrogen and oxygen atoms in total. The van der Waals surface area contributed by atoms with Gasteiger partial charge in [0.15, 0.2) is 0 Å². The zero-order valence-corrected chi connectivity index (χ0v) is 10.4. The summed E-state index contributed by atoms with van der Waals surface area (Å²) in [6, 6.07) is 7.89. The first-order chi connectivity index (χ1) is 7.72. The van der Waals surface area contributed by atoms with Crippen molar-refractivity contribution in [2.24, 2.45) is 0 Å². The molecule has 0 saturated carbocycles. The van der Waals surface area contributed by atoms with Gasteiger partial charge in [0.1, 0.15) is 0 Å². The van der Waals surface area contributed by atoms with Crippen LogP contribution in [0.15, 0.2) is 18.2 Å². The zero-order chi connectivity index (χ0) is 11.1. The third-order valence-corrected chi connectivity index (χ3v) is 4.38. The third-order valence-electron chi connectivity index (χ3n) is 4.14. The molecule has 0 spiro atoms. The summed E-state index contributed by atoms with van der Waals surface area (Å²) in [5.74, 6) is 0.746. The highest BCUT2D eigenvalue weighted by Crippen LogP contribution is 2.38. The monoisotopic (exact) mass is 235 g/mol. The van der Waals surface area contributed by atoms with Crippen molar-refractivity contribution < 1.29 is 0 Å². The van der Waals surface area contributed by atoms with E-state index in [2.05, 4.69) is 24.4 Å². The summed E-state index contributed by atoms with van der Waals surface area (Å²) < 4.78 is 0. The third kappa shape index (κ3) is 1.87. The Kier molecular flexibility index (Phi) is 2.68. The lowest BCUT2D eigenvalue weighted by atomic mass is 9.84. The Hall–Kier alpha value is -0.530. The average Bonchev–Trinajstić information content (AvgIpc) is 2.58. The minimum Gasteiger partial charge on any atom is -0.311 e. The van der Waals surface area contributed by atoms with Crippen LogP contribution in [-0.2, 0) is 0 Å². The van der Waals surface area contributed by atoms with Crippen LogP contribution in [0.5, 0.6) is 0 Å². The molecule has 16 heavy (non-hydrogen) atoms. The van der Waals surface area contributed by atoms with Crippen LogP contribution in [0, 0.1) is 6.92 Å². The Morgan fingerprint density at radius 1 is 1.19 bits per heavy atom. The second-order valence-electron chi connectivity index (χ2n) is 5.31. The van der Waals surface area contributed by atoms with Gasteiger partial charge in [0, 0.05) is 17.1 Å². The molecule has 2 heterocycles. The van der Waals surface area contributed by atoms with Crippen LogP contribution < -0.4 is 5.32 Å². The van der Waals surface area contributed by atoms with E-state index in [4.69, 9.17) is 11.6 Å². The van der Waals surface area contributed by atoms with E-state index < -0.39 is 0 Å². The number of halogens is 1. The van der Waals surface area contributed by atoms with Crippen molar-refractivity contribution in [2.45, 2.75) is 50.6 Å². The van der Waals surface area contributed by atoms with Crippen LogP contribution in [0.2, 0.25) is 5.02 Å². The van der Waals surface area contributed by atoms with Crippen LogP contribution in [0.25, 0.3) is 0 Å². The lowest BCUT2D eigenvalue weighted by molar-refractivity contribution is 0.362. The molecule has 1 aromatic carbocycles. The Labute approximate surface area is 102 Å². The SMILES string of the molecule is Cc1cc(Cl)ccc1C1CC2CCC(C1)N2. The van der Waals surface area contributed by atoms with Crippen LogP contribution >= 0.6 is 11.6 Å². The fourth-order valence-corrected chi connectivity index (χ4v) is 3.64. The van der Waals surface area contributed by atoms with Gasteiger partial charge in [0.2, 0.25) is 0 Å². The smallest absolute Gasteiger partial charge is 0.0408 e. The molecule has 0 aliphatic carbocycles. The van der Waals surface area contributed by atoms with E-state index in [0.29, 0.717) is 0 Å². The summed E-state index contributed by atoms with van der Waals surface area (Å²) in [6.07, 6.45) is 5.35. The molecule has 1 aromatic rings. The zero-order valence-electron chi connectivity index (χ0n) is 9.67. The molecular formula is C14H18ClN. The van der Waals surface area contributed by atoms with Gasteiger partial charge in [-0.15, -0.1) is 0 Å². The second-order valence-corrected chi connectivity index (χ2v) is 5.74. The molecule has 1 N–H and O–H groups in total. The van der Waals surface area contributed by atoms with Crippen molar-refractivity contribution in [3.05, 3.63) is 34.3 Å². The predicted molar refractivity (Wildman–Crippen MR) is 68.1 cm³/mol. The van der Waals surface area contributed by atoms with E-state index in [0.717, 1.165) is 23.0 Å². The van der Waals surface area contributed by atoms with E-state index in [1.54, 1.807) is 0 Å². The first-order valence-electron chi connectivity index (χ1n) is 6.24. The highest BCUT2D eigenvalue weighted by Gasteiger charge is 2.34. The maximum atomic E-state index is 6.01. The van der Waals surface area contributed by atoms with E-state index in [1.807, 2.05) is 6.07 Å². The summed E-state index contributed by atoms with van der Waals surface area (Å²) in [5.41, 5.74) is 2.88. The molecule has 0 radical (unpaired) electrons. The summed E-state index contributed by atoms with van der Waals surface area (Å²) in [4.78, 5) is 0. The Morgan fingerprint density at radius 2 is 1.88 bits per heavy atom. The highest BCUT2D eigenvalue weighted by molar-refractivity contribution is 6.30. The van der Waals surface area contributed by atoms with Gasteiger partial charge in [0.25, 0.3) is 0 Å². The molecule has 2 saturated heterocycles.